The molecule has 4 unspecified atom stereocenters. The van der Waals surface area contributed by atoms with Crippen LogP contribution in [-0.2, 0) is 19.1 Å². The topological polar surface area (TPSA) is 101 Å². The largest absolute Gasteiger partial charge is 0.507 e. The lowest BCUT2D eigenvalue weighted by Crippen LogP contribution is -2.60. The Kier molecular flexibility index (Phi) is 13.7. The molecule has 0 aromatic carbocycles. The van der Waals surface area contributed by atoms with Crippen LogP contribution >= 0.6 is 0 Å². The van der Waals surface area contributed by atoms with Crippen molar-refractivity contribution in [3.63, 3.8) is 0 Å². The van der Waals surface area contributed by atoms with Crippen LogP contribution in [0.15, 0.2) is 22.5 Å². The SMILES string of the molecule is CCCCCCCCCCCCCCCCCC(=O)OC1C2=C(C(=O)C(=O)C(C(C)C)=C2O)C2(C)CCCC(C)(C)C2C1O. The van der Waals surface area contributed by atoms with Crippen molar-refractivity contribution in [1.82, 2.24) is 0 Å². The maximum atomic E-state index is 13.7. The minimum atomic E-state index is -1.17. The van der Waals surface area contributed by atoms with Crippen LogP contribution in [0.2, 0.25) is 0 Å². The highest BCUT2D eigenvalue weighted by molar-refractivity contribution is 6.50. The number of carbonyl (C=O) groups excluding carboxylic acids is 3. The summed E-state index contributed by atoms with van der Waals surface area (Å²) in [5.74, 6) is -2.80. The van der Waals surface area contributed by atoms with Crippen molar-refractivity contribution in [3.05, 3.63) is 22.5 Å². The molecule has 6 nitrogen and oxygen atoms in total. The number of ether oxygens (including phenoxy) is 1. The van der Waals surface area contributed by atoms with Gasteiger partial charge in [0.25, 0.3) is 0 Å². The van der Waals surface area contributed by atoms with Gasteiger partial charge < -0.3 is 14.9 Å². The number of hydrogen-bond acceptors (Lipinski definition) is 6. The molecule has 1 saturated carbocycles. The highest BCUT2D eigenvalue weighted by Gasteiger charge is 2.62. The van der Waals surface area contributed by atoms with E-state index in [9.17, 15) is 24.6 Å². The van der Waals surface area contributed by atoms with Crippen molar-refractivity contribution < 1.29 is 29.3 Å². The summed E-state index contributed by atoms with van der Waals surface area (Å²) in [7, 11) is 0. The highest BCUT2D eigenvalue weighted by atomic mass is 16.6. The van der Waals surface area contributed by atoms with Crippen LogP contribution in [-0.4, -0.2) is 40.0 Å². The predicted molar refractivity (Wildman–Crippen MR) is 176 cm³/mol. The van der Waals surface area contributed by atoms with Gasteiger partial charge in [-0.05, 0) is 30.6 Å². The van der Waals surface area contributed by atoms with E-state index in [1.54, 1.807) is 13.8 Å². The molecule has 6 heteroatoms. The number of unbranched alkanes of at least 4 members (excludes halogenated alkanes) is 14. The fraction of sp³-hybridized carbons (Fsp3) is 0.816. The van der Waals surface area contributed by atoms with E-state index in [1.165, 1.54) is 77.0 Å². The molecule has 0 radical (unpaired) electrons. The number of aliphatic hydroxyl groups is 2. The zero-order valence-electron chi connectivity index (χ0n) is 28.8. The lowest BCUT2D eigenvalue weighted by molar-refractivity contribution is -0.168. The number of aliphatic hydroxyl groups excluding tert-OH is 2. The van der Waals surface area contributed by atoms with Gasteiger partial charge >= 0.3 is 5.97 Å². The molecule has 0 bridgehead atoms. The second kappa shape index (κ2) is 16.6. The first kappa shape index (κ1) is 36.5. The molecule has 0 aromatic rings. The highest BCUT2D eigenvalue weighted by Crippen LogP contribution is 2.61. The van der Waals surface area contributed by atoms with Crippen molar-refractivity contribution >= 4 is 17.5 Å². The van der Waals surface area contributed by atoms with Gasteiger partial charge in [0, 0.05) is 34.5 Å². The van der Waals surface area contributed by atoms with E-state index in [4.69, 9.17) is 4.74 Å². The zero-order chi connectivity index (χ0) is 32.5. The van der Waals surface area contributed by atoms with Gasteiger partial charge in [-0.3, -0.25) is 14.4 Å². The predicted octanol–water partition coefficient (Wildman–Crippen LogP) is 9.28. The van der Waals surface area contributed by atoms with Gasteiger partial charge in [-0.2, -0.15) is 0 Å². The Hall–Kier alpha value is -1.95. The number of esters is 1. The van der Waals surface area contributed by atoms with E-state index < -0.39 is 41.1 Å². The number of hydrogen-bond donors (Lipinski definition) is 2. The van der Waals surface area contributed by atoms with Crippen LogP contribution in [0.3, 0.4) is 0 Å². The molecule has 0 amide bonds. The molecule has 2 N–H and O–H groups in total. The molecule has 1 fully saturated rings. The Morgan fingerprint density at radius 1 is 0.818 bits per heavy atom. The number of rotatable bonds is 18. The maximum absolute atomic E-state index is 13.7. The summed E-state index contributed by atoms with van der Waals surface area (Å²) in [5.41, 5.74) is -0.687. The smallest absolute Gasteiger partial charge is 0.306 e. The van der Waals surface area contributed by atoms with Gasteiger partial charge in [-0.15, -0.1) is 0 Å². The molecule has 3 aliphatic rings. The Morgan fingerprint density at radius 3 is 1.82 bits per heavy atom. The molecule has 0 spiro atoms. The summed E-state index contributed by atoms with van der Waals surface area (Å²) in [6.07, 6.45) is 18.9. The normalized spacial score (nSPS) is 26.7. The van der Waals surface area contributed by atoms with Crippen LogP contribution < -0.4 is 0 Å². The molecular weight excluding hydrogens is 552 g/mol. The van der Waals surface area contributed by atoms with Gasteiger partial charge in [0.05, 0.1) is 6.10 Å². The molecule has 3 rings (SSSR count). The van der Waals surface area contributed by atoms with Crippen LogP contribution in [0.1, 0.15) is 164 Å². The Morgan fingerprint density at radius 2 is 1.32 bits per heavy atom. The van der Waals surface area contributed by atoms with E-state index in [-0.39, 0.29) is 40.2 Å². The van der Waals surface area contributed by atoms with Gasteiger partial charge in [-0.25, -0.2) is 0 Å². The molecule has 0 aromatic heterocycles. The molecule has 3 aliphatic carbocycles. The fourth-order valence-corrected chi connectivity index (χ4v) is 8.63. The first-order valence-electron chi connectivity index (χ1n) is 18.0. The van der Waals surface area contributed by atoms with Crippen LogP contribution in [0.5, 0.6) is 0 Å². The number of ketones is 2. The number of allylic oxidation sites excluding steroid dienone is 2. The summed E-state index contributed by atoms with van der Waals surface area (Å²) < 4.78 is 5.96. The Labute approximate surface area is 267 Å². The fourth-order valence-electron chi connectivity index (χ4n) is 8.63. The molecular formula is C38H62O6. The van der Waals surface area contributed by atoms with E-state index in [0.717, 1.165) is 25.7 Å². The van der Waals surface area contributed by atoms with Crippen LogP contribution in [0.4, 0.5) is 0 Å². The van der Waals surface area contributed by atoms with Crippen LogP contribution in [0.25, 0.3) is 0 Å². The molecule has 250 valence electrons. The second-order valence-corrected chi connectivity index (χ2v) is 15.2. The Bertz CT molecular complexity index is 1070. The van der Waals surface area contributed by atoms with Crippen molar-refractivity contribution in [3.8, 4) is 0 Å². The maximum Gasteiger partial charge on any atom is 0.306 e. The molecule has 44 heavy (non-hydrogen) atoms. The van der Waals surface area contributed by atoms with Crippen molar-refractivity contribution in [1.29, 1.82) is 0 Å². The lowest BCUT2D eigenvalue weighted by atomic mass is 9.47. The lowest BCUT2D eigenvalue weighted by Gasteiger charge is -2.58. The van der Waals surface area contributed by atoms with Crippen molar-refractivity contribution in [2.45, 2.75) is 176 Å². The summed E-state index contributed by atoms with van der Waals surface area (Å²) >= 11 is 0. The average Bonchev–Trinajstić information content (AvgIpc) is 2.94. The van der Waals surface area contributed by atoms with Crippen molar-refractivity contribution in [2.75, 3.05) is 0 Å². The van der Waals surface area contributed by atoms with E-state index >= 15 is 0 Å². The second-order valence-electron chi connectivity index (χ2n) is 15.2. The first-order chi connectivity index (χ1) is 20.9. The minimum absolute atomic E-state index is 0.0431. The zero-order valence-corrected chi connectivity index (χ0v) is 28.8. The van der Waals surface area contributed by atoms with Gasteiger partial charge in [-0.1, -0.05) is 138 Å². The summed E-state index contributed by atoms with van der Waals surface area (Å²) in [6, 6.07) is 0. The minimum Gasteiger partial charge on any atom is -0.507 e. The van der Waals surface area contributed by atoms with E-state index in [1.807, 2.05) is 6.92 Å². The van der Waals surface area contributed by atoms with Gasteiger partial charge in [0.1, 0.15) is 5.76 Å². The first-order valence-corrected chi connectivity index (χ1v) is 18.0. The van der Waals surface area contributed by atoms with Crippen LogP contribution in [0, 0.1) is 22.7 Å². The molecule has 0 saturated heterocycles. The summed E-state index contributed by atoms with van der Waals surface area (Å²) in [5, 5.41) is 23.2. The van der Waals surface area contributed by atoms with E-state index in [2.05, 4.69) is 20.8 Å². The molecule has 0 heterocycles. The Balaban J connectivity index is 1.54. The molecule has 0 aliphatic heterocycles. The third-order valence-electron chi connectivity index (χ3n) is 10.8. The monoisotopic (exact) mass is 614 g/mol. The summed E-state index contributed by atoms with van der Waals surface area (Å²) in [4.78, 5) is 40.0. The summed E-state index contributed by atoms with van der Waals surface area (Å²) in [6.45, 7) is 11.9. The van der Waals surface area contributed by atoms with Gasteiger partial charge in [0.15, 0.2) is 6.10 Å². The third-order valence-corrected chi connectivity index (χ3v) is 10.8. The molecule has 4 atom stereocenters. The average molecular weight is 615 g/mol. The third kappa shape index (κ3) is 8.44. The quantitative estimate of drug-likeness (QED) is 0.0691. The standard InChI is InChI=1S/C38H62O6/c1-7-8-9-10-11-12-13-14-15-16-17-18-19-20-21-23-27(39)44-35-29-30(33(42)32(41)28(26(2)3)31(29)40)38(6)25-22-24-37(4,5)36(38)34(35)43/h26,34-36,40,43H,7-25H2,1-6H3. The van der Waals surface area contributed by atoms with Crippen molar-refractivity contribution in [2.24, 2.45) is 22.7 Å². The number of Topliss-reactive ketones (excluding diaryl/α,β-unsaturated/α-hetero) is 2. The van der Waals surface area contributed by atoms with Gasteiger partial charge in [0.2, 0.25) is 11.6 Å². The van der Waals surface area contributed by atoms with E-state index in [0.29, 0.717) is 12.8 Å². The number of fused-ring (bicyclic) bond motifs is 2. The number of carbonyl (C=O) groups is 3.